The van der Waals surface area contributed by atoms with Crippen LogP contribution >= 0.6 is 23.4 Å². The van der Waals surface area contributed by atoms with Gasteiger partial charge < -0.3 is 5.32 Å². The van der Waals surface area contributed by atoms with E-state index in [1.807, 2.05) is 13.0 Å². The molecule has 1 aromatic heterocycles. The first-order valence-electron chi connectivity index (χ1n) is 4.80. The number of nitrogens with zero attached hydrogens (tertiary/aromatic N) is 2. The van der Waals surface area contributed by atoms with E-state index in [0.29, 0.717) is 10.2 Å². The zero-order valence-corrected chi connectivity index (χ0v) is 11.0. The van der Waals surface area contributed by atoms with Crippen LogP contribution in [0.3, 0.4) is 0 Å². The summed E-state index contributed by atoms with van der Waals surface area (Å²) < 4.78 is 0. The Morgan fingerprint density at radius 3 is 2.88 bits per heavy atom. The van der Waals surface area contributed by atoms with Gasteiger partial charge in [0.05, 0.1) is 11.0 Å². The summed E-state index contributed by atoms with van der Waals surface area (Å²) >= 11 is 6.97. The number of nitrogens with one attached hydrogen (secondary N) is 1. The summed E-state index contributed by atoms with van der Waals surface area (Å²) in [6, 6.07) is 3.45. The Labute approximate surface area is 108 Å². The molecule has 0 aliphatic rings. The molecule has 0 amide bonds. The van der Waals surface area contributed by atoms with Crippen molar-refractivity contribution in [2.75, 3.05) is 6.26 Å². The van der Waals surface area contributed by atoms with E-state index in [1.165, 1.54) is 11.8 Å². The molecule has 1 aromatic rings. The minimum absolute atomic E-state index is 0.0709. The van der Waals surface area contributed by atoms with Gasteiger partial charge in [-0.25, -0.2) is 4.98 Å². The van der Waals surface area contributed by atoms with Crippen LogP contribution in [-0.4, -0.2) is 16.2 Å². The van der Waals surface area contributed by atoms with Gasteiger partial charge in [0.1, 0.15) is 10.2 Å². The van der Waals surface area contributed by atoms with Gasteiger partial charge in [0.15, 0.2) is 0 Å². The van der Waals surface area contributed by atoms with Gasteiger partial charge in [-0.05, 0) is 24.8 Å². The highest BCUT2D eigenvalue weighted by molar-refractivity contribution is 8.02. The van der Waals surface area contributed by atoms with Crippen molar-refractivity contribution in [2.24, 2.45) is 0 Å². The fourth-order valence-corrected chi connectivity index (χ4v) is 1.78. The summed E-state index contributed by atoms with van der Waals surface area (Å²) in [6.07, 6.45) is 4.36. The third-order valence-corrected chi connectivity index (χ3v) is 2.94. The molecule has 0 saturated carbocycles. The lowest BCUT2D eigenvalue weighted by Crippen LogP contribution is -2.17. The average Bonchev–Trinajstić information content (AvgIpc) is 2.28. The van der Waals surface area contributed by atoms with E-state index in [0.717, 1.165) is 11.8 Å². The summed E-state index contributed by atoms with van der Waals surface area (Å²) in [7, 11) is 0. The molecule has 0 spiro atoms. The van der Waals surface area contributed by atoms with Crippen LogP contribution in [0.2, 0.25) is 5.15 Å². The second-order valence-corrected chi connectivity index (χ2v) is 4.50. The molecular weight excluding hydrogens is 262 g/mol. The summed E-state index contributed by atoms with van der Waals surface area (Å²) in [6.45, 7) is 1.90. The third kappa shape index (κ3) is 4.62. The maximum atomic E-state index is 10.4. The van der Waals surface area contributed by atoms with Crippen LogP contribution in [0.4, 0.5) is 0 Å². The van der Waals surface area contributed by atoms with Crippen molar-refractivity contribution in [1.29, 1.82) is 0 Å². The second kappa shape index (κ2) is 6.46. The predicted molar refractivity (Wildman–Crippen MR) is 69.4 cm³/mol. The van der Waals surface area contributed by atoms with E-state index < -0.39 is 4.92 Å². The molecule has 1 N–H and O–H groups in total. The molecule has 5 nitrogen and oxygen atoms in total. The Morgan fingerprint density at radius 1 is 1.71 bits per heavy atom. The number of hydrogen-bond acceptors (Lipinski definition) is 5. The lowest BCUT2D eigenvalue weighted by Gasteiger charge is -2.15. The van der Waals surface area contributed by atoms with Crippen LogP contribution in [0.25, 0.3) is 0 Å². The number of thioether (sulfide) groups is 1. The Hall–Kier alpha value is -1.27. The molecule has 0 aliphatic heterocycles. The fraction of sp³-hybridized carbons (Fsp3) is 0.300. The molecule has 1 rings (SSSR count). The van der Waals surface area contributed by atoms with Crippen LogP contribution in [0, 0.1) is 10.1 Å². The normalized spacial score (nSPS) is 13.2. The molecule has 0 radical (unpaired) electrons. The van der Waals surface area contributed by atoms with Crippen molar-refractivity contribution in [1.82, 2.24) is 10.3 Å². The first-order valence-corrected chi connectivity index (χ1v) is 6.40. The molecule has 0 aromatic carbocycles. The van der Waals surface area contributed by atoms with Gasteiger partial charge in [0.25, 0.3) is 6.20 Å². The van der Waals surface area contributed by atoms with Crippen molar-refractivity contribution in [3.05, 3.63) is 50.4 Å². The molecule has 1 atom stereocenters. The summed E-state index contributed by atoms with van der Waals surface area (Å²) in [5.41, 5.74) is 0.915. The van der Waals surface area contributed by atoms with E-state index in [1.54, 1.807) is 18.5 Å². The van der Waals surface area contributed by atoms with Gasteiger partial charge in [0, 0.05) is 6.20 Å². The smallest absolute Gasteiger partial charge is 0.263 e. The minimum atomic E-state index is -0.480. The number of halogens is 1. The van der Waals surface area contributed by atoms with Crippen molar-refractivity contribution < 1.29 is 4.92 Å². The highest BCUT2D eigenvalue weighted by Gasteiger charge is 2.09. The molecule has 1 heterocycles. The summed E-state index contributed by atoms with van der Waals surface area (Å²) in [5.74, 6) is 0. The van der Waals surface area contributed by atoms with Crippen molar-refractivity contribution in [3.8, 4) is 0 Å². The molecule has 7 heteroatoms. The highest BCUT2D eigenvalue weighted by Crippen LogP contribution is 2.18. The van der Waals surface area contributed by atoms with Crippen LogP contribution < -0.4 is 5.32 Å². The Kier molecular flexibility index (Phi) is 5.24. The Balaban J connectivity index is 2.74. The number of nitro groups is 1. The standard InChI is InChI=1S/C10H12ClN3O2S/c1-7(8-3-4-9(11)12-5-8)13-10(17-2)6-14(15)16/h3-7,13H,1-2H3. The molecule has 0 aliphatic carbocycles. The van der Waals surface area contributed by atoms with Crippen LogP contribution in [0.15, 0.2) is 29.6 Å². The Morgan fingerprint density at radius 2 is 2.41 bits per heavy atom. The van der Waals surface area contributed by atoms with Gasteiger partial charge in [-0.15, -0.1) is 11.8 Å². The third-order valence-electron chi connectivity index (χ3n) is 2.05. The molecule has 0 fully saturated rings. The molecule has 0 bridgehead atoms. The highest BCUT2D eigenvalue weighted by atomic mass is 35.5. The average molecular weight is 274 g/mol. The van der Waals surface area contributed by atoms with E-state index >= 15 is 0 Å². The molecule has 17 heavy (non-hydrogen) atoms. The summed E-state index contributed by atoms with van der Waals surface area (Å²) in [4.78, 5) is 13.9. The molecule has 1 unspecified atom stereocenters. The molecule has 0 saturated heterocycles. The van der Waals surface area contributed by atoms with Crippen LogP contribution in [-0.2, 0) is 0 Å². The van der Waals surface area contributed by atoms with Crippen molar-refractivity contribution in [3.63, 3.8) is 0 Å². The van der Waals surface area contributed by atoms with Gasteiger partial charge in [-0.3, -0.25) is 10.1 Å². The molecular formula is C10H12ClN3O2S. The first kappa shape index (κ1) is 13.8. The summed E-state index contributed by atoms with van der Waals surface area (Å²) in [5, 5.41) is 14.3. The van der Waals surface area contributed by atoms with Crippen LogP contribution in [0.1, 0.15) is 18.5 Å². The largest absolute Gasteiger partial charge is 0.368 e. The van der Waals surface area contributed by atoms with Gasteiger partial charge >= 0.3 is 0 Å². The van der Waals surface area contributed by atoms with Gasteiger partial charge in [-0.1, -0.05) is 17.7 Å². The van der Waals surface area contributed by atoms with Gasteiger partial charge in [-0.2, -0.15) is 0 Å². The lowest BCUT2D eigenvalue weighted by atomic mass is 10.1. The number of rotatable bonds is 5. The maximum Gasteiger partial charge on any atom is 0.263 e. The predicted octanol–water partition coefficient (Wildman–Crippen LogP) is 2.82. The number of pyridine rings is 1. The van der Waals surface area contributed by atoms with E-state index in [4.69, 9.17) is 11.6 Å². The quantitative estimate of drug-likeness (QED) is 0.508. The van der Waals surface area contributed by atoms with E-state index in [-0.39, 0.29) is 6.04 Å². The number of aromatic nitrogens is 1. The SMILES string of the molecule is CSC(=C[N+](=O)[O-])NC(C)c1ccc(Cl)nc1. The minimum Gasteiger partial charge on any atom is -0.368 e. The first-order chi connectivity index (χ1) is 8.02. The second-order valence-electron chi connectivity index (χ2n) is 3.26. The molecule has 92 valence electrons. The Bertz CT molecular complexity index is 422. The van der Waals surface area contributed by atoms with E-state index in [2.05, 4.69) is 10.3 Å². The lowest BCUT2D eigenvalue weighted by molar-refractivity contribution is -0.403. The van der Waals surface area contributed by atoms with E-state index in [9.17, 15) is 10.1 Å². The zero-order valence-electron chi connectivity index (χ0n) is 9.38. The zero-order chi connectivity index (χ0) is 12.8. The topological polar surface area (TPSA) is 68.1 Å². The van der Waals surface area contributed by atoms with Gasteiger partial charge in [0.2, 0.25) is 0 Å². The fourth-order valence-electron chi connectivity index (χ4n) is 1.18. The van der Waals surface area contributed by atoms with Crippen molar-refractivity contribution >= 4 is 23.4 Å². The number of hydrogen-bond donors (Lipinski definition) is 1. The maximum absolute atomic E-state index is 10.4. The monoisotopic (exact) mass is 273 g/mol. The van der Waals surface area contributed by atoms with Crippen molar-refractivity contribution in [2.45, 2.75) is 13.0 Å². The van der Waals surface area contributed by atoms with Crippen LogP contribution in [0.5, 0.6) is 0 Å².